The minimum absolute atomic E-state index is 0.0404. The Bertz CT molecular complexity index is 408. The second-order valence-corrected chi connectivity index (χ2v) is 5.97. The van der Waals surface area contributed by atoms with Crippen molar-refractivity contribution in [1.82, 2.24) is 10.6 Å². The van der Waals surface area contributed by atoms with Crippen LogP contribution in [0.1, 0.15) is 34.1 Å². The molecule has 120 valence electrons. The average molecular weight is 298 g/mol. The lowest BCUT2D eigenvalue weighted by Crippen LogP contribution is -2.57. The molecule has 0 aromatic heterocycles. The summed E-state index contributed by atoms with van der Waals surface area (Å²) in [5, 5.41) is 25.4. The number of carbonyl (C=O) groups excluding carboxylic acids is 1. The molecule has 1 amide bonds. The smallest absolute Gasteiger partial charge is 0.320 e. The minimum Gasteiger partial charge on any atom is -0.480 e. The first kappa shape index (κ1) is 17.7. The maximum Gasteiger partial charge on any atom is 0.320 e. The van der Waals surface area contributed by atoms with Gasteiger partial charge in [0.1, 0.15) is 6.04 Å². The van der Waals surface area contributed by atoms with Crippen LogP contribution in [0.15, 0.2) is 12.2 Å². The second kappa shape index (κ2) is 7.56. The third-order valence-electron chi connectivity index (χ3n) is 3.91. The van der Waals surface area contributed by atoms with Gasteiger partial charge in [0.2, 0.25) is 5.91 Å². The first-order valence-electron chi connectivity index (χ1n) is 7.34. The first-order valence-corrected chi connectivity index (χ1v) is 7.34. The fourth-order valence-electron chi connectivity index (χ4n) is 2.87. The highest BCUT2D eigenvalue weighted by Gasteiger charge is 2.43. The third kappa shape index (κ3) is 4.54. The van der Waals surface area contributed by atoms with Crippen LogP contribution < -0.4 is 10.6 Å². The topological polar surface area (TPSA) is 98.7 Å². The molecule has 1 fully saturated rings. The number of carboxylic acids is 1. The predicted molar refractivity (Wildman–Crippen MR) is 79.7 cm³/mol. The Morgan fingerprint density at radius 2 is 2.00 bits per heavy atom. The SMILES string of the molecule is C/C=C\[C@@H]1C[C@H](C(=O)O)N[C@H]1[C@@H](NC(C)=O)[C@H](O)C(C)C. The van der Waals surface area contributed by atoms with Crippen molar-refractivity contribution in [3.63, 3.8) is 0 Å². The molecule has 0 spiro atoms. The fourth-order valence-corrected chi connectivity index (χ4v) is 2.87. The zero-order valence-electron chi connectivity index (χ0n) is 13.0. The summed E-state index contributed by atoms with van der Waals surface area (Å²) >= 11 is 0. The molecule has 1 aliphatic rings. The summed E-state index contributed by atoms with van der Waals surface area (Å²) < 4.78 is 0. The lowest BCUT2D eigenvalue weighted by atomic mass is 9.86. The van der Waals surface area contributed by atoms with Crippen molar-refractivity contribution < 1.29 is 19.8 Å². The predicted octanol–water partition coefficient (Wildman–Crippen LogP) is 0.515. The van der Waals surface area contributed by atoms with Crippen LogP contribution in [0.5, 0.6) is 0 Å². The van der Waals surface area contributed by atoms with Gasteiger partial charge >= 0.3 is 5.97 Å². The molecule has 1 heterocycles. The second-order valence-electron chi connectivity index (χ2n) is 5.97. The number of hydrogen-bond donors (Lipinski definition) is 4. The van der Waals surface area contributed by atoms with Crippen LogP contribution in [0.3, 0.4) is 0 Å². The summed E-state index contributed by atoms with van der Waals surface area (Å²) in [6, 6.07) is -1.48. The van der Waals surface area contributed by atoms with E-state index in [0.29, 0.717) is 6.42 Å². The van der Waals surface area contributed by atoms with Gasteiger partial charge in [-0.05, 0) is 25.2 Å². The van der Waals surface area contributed by atoms with Crippen molar-refractivity contribution in [1.29, 1.82) is 0 Å². The Kier molecular flexibility index (Phi) is 6.36. The number of aliphatic hydroxyl groups is 1. The summed E-state index contributed by atoms with van der Waals surface area (Å²) in [6.07, 6.45) is 3.51. The molecule has 1 saturated heterocycles. The molecule has 0 aromatic carbocycles. The molecular weight excluding hydrogens is 272 g/mol. The number of carboxylic acid groups (broad SMARTS) is 1. The van der Waals surface area contributed by atoms with Gasteiger partial charge in [-0.1, -0.05) is 26.0 Å². The number of rotatable bonds is 6. The highest BCUT2D eigenvalue weighted by Crippen LogP contribution is 2.27. The Labute approximate surface area is 125 Å². The Balaban J connectivity index is 3.01. The third-order valence-corrected chi connectivity index (χ3v) is 3.91. The van der Waals surface area contributed by atoms with Crippen LogP contribution in [-0.2, 0) is 9.59 Å². The summed E-state index contributed by atoms with van der Waals surface area (Å²) in [7, 11) is 0. The zero-order chi connectivity index (χ0) is 16.2. The van der Waals surface area contributed by atoms with E-state index in [2.05, 4.69) is 10.6 Å². The van der Waals surface area contributed by atoms with Gasteiger partial charge in [-0.2, -0.15) is 0 Å². The van der Waals surface area contributed by atoms with Gasteiger partial charge in [-0.15, -0.1) is 0 Å². The lowest BCUT2D eigenvalue weighted by molar-refractivity contribution is -0.139. The Morgan fingerprint density at radius 1 is 1.38 bits per heavy atom. The van der Waals surface area contributed by atoms with Gasteiger partial charge in [0.05, 0.1) is 12.1 Å². The molecule has 0 unspecified atom stereocenters. The van der Waals surface area contributed by atoms with Crippen molar-refractivity contribution >= 4 is 11.9 Å². The quantitative estimate of drug-likeness (QED) is 0.536. The van der Waals surface area contributed by atoms with E-state index in [4.69, 9.17) is 0 Å². The summed E-state index contributed by atoms with van der Waals surface area (Å²) in [6.45, 7) is 7.01. The maximum absolute atomic E-state index is 11.4. The van der Waals surface area contributed by atoms with Crippen LogP contribution >= 0.6 is 0 Å². The van der Waals surface area contributed by atoms with Crippen LogP contribution in [0.2, 0.25) is 0 Å². The summed E-state index contributed by atoms with van der Waals surface area (Å²) in [5.41, 5.74) is 0. The van der Waals surface area contributed by atoms with Gasteiger partial charge < -0.3 is 15.5 Å². The molecule has 0 aromatic rings. The molecule has 0 aliphatic carbocycles. The molecule has 5 atom stereocenters. The largest absolute Gasteiger partial charge is 0.480 e. The van der Waals surface area contributed by atoms with Gasteiger partial charge in [-0.25, -0.2) is 0 Å². The number of allylic oxidation sites excluding steroid dienone is 1. The number of hydrogen-bond acceptors (Lipinski definition) is 4. The number of carbonyl (C=O) groups is 2. The Hall–Kier alpha value is -1.40. The monoisotopic (exact) mass is 298 g/mol. The molecule has 6 nitrogen and oxygen atoms in total. The molecule has 4 N–H and O–H groups in total. The molecule has 1 aliphatic heterocycles. The van der Waals surface area contributed by atoms with E-state index in [9.17, 15) is 19.8 Å². The average Bonchev–Trinajstić information content (AvgIpc) is 2.79. The molecule has 21 heavy (non-hydrogen) atoms. The van der Waals surface area contributed by atoms with E-state index < -0.39 is 24.2 Å². The van der Waals surface area contributed by atoms with Gasteiger partial charge in [0, 0.05) is 13.0 Å². The highest BCUT2D eigenvalue weighted by atomic mass is 16.4. The molecule has 0 bridgehead atoms. The zero-order valence-corrected chi connectivity index (χ0v) is 13.0. The van der Waals surface area contributed by atoms with E-state index in [1.165, 1.54) is 6.92 Å². The maximum atomic E-state index is 11.4. The van der Waals surface area contributed by atoms with E-state index in [-0.39, 0.29) is 23.8 Å². The van der Waals surface area contributed by atoms with Crippen molar-refractivity contribution in [2.75, 3.05) is 0 Å². The van der Waals surface area contributed by atoms with Crippen LogP contribution in [0.25, 0.3) is 0 Å². The molecule has 0 radical (unpaired) electrons. The summed E-state index contributed by atoms with van der Waals surface area (Å²) in [4.78, 5) is 22.6. The van der Waals surface area contributed by atoms with Crippen LogP contribution in [-0.4, -0.2) is 46.3 Å². The number of nitrogens with one attached hydrogen (secondary N) is 2. The fraction of sp³-hybridized carbons (Fsp3) is 0.733. The standard InChI is InChI=1S/C15H26N2O4/c1-5-6-10-7-11(15(20)21)17-12(10)13(16-9(4)18)14(19)8(2)3/h5-6,8,10-14,17,19H,7H2,1-4H3,(H,16,18)(H,20,21)/b6-5-/t10-,11-,12-,13-,14-/m1/s1. The van der Waals surface area contributed by atoms with Crippen LogP contribution in [0.4, 0.5) is 0 Å². The van der Waals surface area contributed by atoms with E-state index in [1.54, 1.807) is 0 Å². The molecule has 6 heteroatoms. The van der Waals surface area contributed by atoms with Crippen molar-refractivity contribution in [3.8, 4) is 0 Å². The molecular formula is C15H26N2O4. The molecule has 0 saturated carbocycles. The number of amides is 1. The minimum atomic E-state index is -0.910. The first-order chi connectivity index (χ1) is 9.77. The van der Waals surface area contributed by atoms with Gasteiger partial charge in [0.15, 0.2) is 0 Å². The Morgan fingerprint density at radius 3 is 2.43 bits per heavy atom. The summed E-state index contributed by atoms with van der Waals surface area (Å²) in [5.74, 6) is -1.23. The highest BCUT2D eigenvalue weighted by molar-refractivity contribution is 5.75. The van der Waals surface area contributed by atoms with Gasteiger partial charge in [0.25, 0.3) is 0 Å². The van der Waals surface area contributed by atoms with Crippen molar-refractivity contribution in [2.24, 2.45) is 11.8 Å². The van der Waals surface area contributed by atoms with E-state index in [0.717, 1.165) is 0 Å². The van der Waals surface area contributed by atoms with Gasteiger partial charge in [-0.3, -0.25) is 14.9 Å². The number of aliphatic carboxylic acids is 1. The van der Waals surface area contributed by atoms with Crippen molar-refractivity contribution in [2.45, 2.75) is 58.3 Å². The molecule has 1 rings (SSSR count). The normalized spacial score (nSPS) is 28.8. The number of aliphatic hydroxyl groups excluding tert-OH is 1. The lowest BCUT2D eigenvalue weighted by Gasteiger charge is -2.33. The van der Waals surface area contributed by atoms with E-state index >= 15 is 0 Å². The van der Waals surface area contributed by atoms with Crippen molar-refractivity contribution in [3.05, 3.63) is 12.2 Å². The van der Waals surface area contributed by atoms with E-state index in [1.807, 2.05) is 32.9 Å². The van der Waals surface area contributed by atoms with Crippen LogP contribution in [0, 0.1) is 11.8 Å².